The number of rotatable bonds is 7. The van der Waals surface area contributed by atoms with Crippen LogP contribution < -0.4 is 14.4 Å². The number of carboxylic acids is 1. The van der Waals surface area contributed by atoms with Crippen molar-refractivity contribution in [3.05, 3.63) is 48.5 Å². The molecule has 0 fully saturated rings. The lowest BCUT2D eigenvalue weighted by atomic mass is 10.2. The van der Waals surface area contributed by atoms with E-state index in [1.807, 2.05) is 0 Å². The molecule has 0 aliphatic carbocycles. The van der Waals surface area contributed by atoms with Crippen molar-refractivity contribution in [1.29, 1.82) is 0 Å². The summed E-state index contributed by atoms with van der Waals surface area (Å²) in [7, 11) is -2.84. The Morgan fingerprint density at radius 1 is 1.11 bits per heavy atom. The third-order valence-corrected chi connectivity index (χ3v) is 5.66. The first kappa shape index (κ1) is 20.2. The van der Waals surface area contributed by atoms with Crippen molar-refractivity contribution in [2.24, 2.45) is 0 Å². The summed E-state index contributed by atoms with van der Waals surface area (Å²) in [6.07, 6.45) is 0. The quantitative estimate of drug-likeness (QED) is 0.748. The van der Waals surface area contributed by atoms with Gasteiger partial charge in [0.2, 0.25) is 5.91 Å². The van der Waals surface area contributed by atoms with Crippen molar-refractivity contribution >= 4 is 33.3 Å². The third kappa shape index (κ3) is 4.37. The number of methoxy groups -OCH3 is 1. The number of nitrogens with one attached hydrogen (secondary N) is 1. The van der Waals surface area contributed by atoms with Gasteiger partial charge in [-0.25, -0.2) is 17.5 Å². The average molecular weight is 392 g/mol. The van der Waals surface area contributed by atoms with Crippen molar-refractivity contribution in [3.63, 3.8) is 0 Å². The zero-order valence-corrected chi connectivity index (χ0v) is 15.9. The zero-order valence-electron chi connectivity index (χ0n) is 15.0. The molecule has 0 saturated heterocycles. The molecule has 2 aromatic rings. The number of hydrogen-bond acceptors (Lipinski definition) is 5. The van der Waals surface area contributed by atoms with Crippen molar-refractivity contribution in [2.75, 3.05) is 16.7 Å². The molecular formula is C18H20N2O6S. The van der Waals surface area contributed by atoms with Crippen LogP contribution in [0, 0.1) is 0 Å². The van der Waals surface area contributed by atoms with Gasteiger partial charge in [0.05, 0.1) is 17.7 Å². The molecule has 1 unspecified atom stereocenters. The van der Waals surface area contributed by atoms with Gasteiger partial charge in [-0.1, -0.05) is 12.1 Å². The van der Waals surface area contributed by atoms with E-state index < -0.39 is 22.0 Å². The largest absolute Gasteiger partial charge is 0.495 e. The molecule has 2 aromatic carbocycles. The van der Waals surface area contributed by atoms with E-state index in [4.69, 9.17) is 4.74 Å². The predicted molar refractivity (Wildman–Crippen MR) is 101 cm³/mol. The van der Waals surface area contributed by atoms with E-state index >= 15 is 0 Å². The SMILES string of the molecule is COc1ccccc1N(C(C)C(=O)O)S(=O)(=O)c1ccc(NC(C)=O)cc1. The summed E-state index contributed by atoms with van der Waals surface area (Å²) in [6.45, 7) is 2.61. The van der Waals surface area contributed by atoms with Crippen molar-refractivity contribution in [1.82, 2.24) is 0 Å². The number of aliphatic carboxylic acids is 1. The maximum Gasteiger partial charge on any atom is 0.327 e. The third-order valence-electron chi connectivity index (χ3n) is 3.76. The summed E-state index contributed by atoms with van der Waals surface area (Å²) >= 11 is 0. The first-order valence-corrected chi connectivity index (χ1v) is 9.40. The number of carboxylic acid groups (broad SMARTS) is 1. The molecule has 27 heavy (non-hydrogen) atoms. The molecule has 0 aliphatic heterocycles. The molecule has 1 atom stereocenters. The minimum atomic E-state index is -4.22. The maximum atomic E-state index is 13.2. The molecule has 0 spiro atoms. The first-order valence-electron chi connectivity index (χ1n) is 7.96. The van der Waals surface area contributed by atoms with Crippen LogP contribution in [0.2, 0.25) is 0 Å². The molecule has 2 rings (SSSR count). The molecule has 0 aromatic heterocycles. The highest BCUT2D eigenvalue weighted by atomic mass is 32.2. The topological polar surface area (TPSA) is 113 Å². The molecule has 0 bridgehead atoms. The molecule has 0 saturated carbocycles. The summed E-state index contributed by atoms with van der Waals surface area (Å²) < 4.78 is 32.4. The van der Waals surface area contributed by atoms with Crippen LogP contribution in [0.15, 0.2) is 53.4 Å². The van der Waals surface area contributed by atoms with Crippen molar-refractivity contribution in [3.8, 4) is 5.75 Å². The Morgan fingerprint density at radius 2 is 1.70 bits per heavy atom. The highest BCUT2D eigenvalue weighted by molar-refractivity contribution is 7.93. The Hall–Kier alpha value is -3.07. The summed E-state index contributed by atoms with van der Waals surface area (Å²) in [5.41, 5.74) is 0.539. The normalized spacial score (nSPS) is 12.1. The summed E-state index contributed by atoms with van der Waals surface area (Å²) in [6, 6.07) is 10.4. The van der Waals surface area contributed by atoms with Gasteiger partial charge in [-0.05, 0) is 43.3 Å². The van der Waals surface area contributed by atoms with Gasteiger partial charge < -0.3 is 15.2 Å². The summed E-state index contributed by atoms with van der Waals surface area (Å²) in [5, 5.41) is 12.0. The van der Waals surface area contributed by atoms with Gasteiger partial charge in [0.15, 0.2) is 0 Å². The highest BCUT2D eigenvalue weighted by Crippen LogP contribution is 2.34. The molecule has 0 aliphatic rings. The molecule has 1 amide bonds. The van der Waals surface area contributed by atoms with Crippen LogP contribution in [0.5, 0.6) is 5.75 Å². The molecule has 0 heterocycles. The van der Waals surface area contributed by atoms with Crippen LogP contribution in [0.4, 0.5) is 11.4 Å². The molecule has 8 nitrogen and oxygen atoms in total. The number of nitrogens with zero attached hydrogens (tertiary/aromatic N) is 1. The van der Waals surface area contributed by atoms with Crippen LogP contribution >= 0.6 is 0 Å². The van der Waals surface area contributed by atoms with E-state index in [1.165, 1.54) is 51.3 Å². The lowest BCUT2D eigenvalue weighted by molar-refractivity contribution is -0.137. The van der Waals surface area contributed by atoms with Crippen molar-refractivity contribution in [2.45, 2.75) is 24.8 Å². The molecular weight excluding hydrogens is 372 g/mol. The van der Waals surface area contributed by atoms with Crippen LogP contribution in [-0.4, -0.2) is 38.6 Å². The Morgan fingerprint density at radius 3 is 2.22 bits per heavy atom. The lowest BCUT2D eigenvalue weighted by Crippen LogP contribution is -2.43. The average Bonchev–Trinajstić information content (AvgIpc) is 2.62. The van der Waals surface area contributed by atoms with Gasteiger partial charge in [0.1, 0.15) is 11.8 Å². The van der Waals surface area contributed by atoms with Crippen LogP contribution in [0.3, 0.4) is 0 Å². The Balaban J connectivity index is 2.57. The van der Waals surface area contributed by atoms with E-state index in [1.54, 1.807) is 18.2 Å². The van der Waals surface area contributed by atoms with Crippen molar-refractivity contribution < 1.29 is 27.9 Å². The first-order chi connectivity index (χ1) is 12.7. The fourth-order valence-electron chi connectivity index (χ4n) is 2.49. The fraction of sp³-hybridized carbons (Fsp3) is 0.222. The number of hydrogen-bond donors (Lipinski definition) is 2. The number of benzene rings is 2. The number of amides is 1. The number of carbonyl (C=O) groups excluding carboxylic acids is 1. The van der Waals surface area contributed by atoms with E-state index in [0.717, 1.165) is 4.31 Å². The number of sulfonamides is 1. The summed E-state index contributed by atoms with van der Waals surface area (Å²) in [5.74, 6) is -1.37. The lowest BCUT2D eigenvalue weighted by Gasteiger charge is -2.29. The van der Waals surface area contributed by atoms with Gasteiger partial charge >= 0.3 is 5.97 Å². The maximum absolute atomic E-state index is 13.2. The van der Waals surface area contributed by atoms with Crippen LogP contribution in [0.1, 0.15) is 13.8 Å². The van der Waals surface area contributed by atoms with Crippen LogP contribution in [-0.2, 0) is 19.6 Å². The minimum Gasteiger partial charge on any atom is -0.495 e. The molecule has 9 heteroatoms. The van der Waals surface area contributed by atoms with E-state index in [9.17, 15) is 23.1 Å². The minimum absolute atomic E-state index is 0.112. The molecule has 0 radical (unpaired) electrons. The second-order valence-corrected chi connectivity index (χ2v) is 7.51. The Bertz CT molecular complexity index is 941. The standard InChI is InChI=1S/C18H20N2O6S/c1-12(18(22)23)20(16-6-4-5-7-17(16)26-3)27(24,25)15-10-8-14(9-11-15)19-13(2)21/h4-12H,1-3H3,(H,19,21)(H,22,23). The van der Waals surface area contributed by atoms with Crippen LogP contribution in [0.25, 0.3) is 0 Å². The van der Waals surface area contributed by atoms with Gasteiger partial charge in [0.25, 0.3) is 10.0 Å². The monoisotopic (exact) mass is 392 g/mol. The predicted octanol–water partition coefficient (Wildman–Crippen LogP) is 2.32. The van der Waals surface area contributed by atoms with E-state index in [-0.39, 0.29) is 22.2 Å². The number of anilines is 2. The van der Waals surface area contributed by atoms with E-state index in [0.29, 0.717) is 5.69 Å². The smallest absolute Gasteiger partial charge is 0.327 e. The second kappa shape index (κ2) is 8.09. The molecule has 144 valence electrons. The van der Waals surface area contributed by atoms with Gasteiger partial charge in [-0.2, -0.15) is 0 Å². The highest BCUT2D eigenvalue weighted by Gasteiger charge is 2.35. The van der Waals surface area contributed by atoms with Gasteiger partial charge in [-0.15, -0.1) is 0 Å². The van der Waals surface area contributed by atoms with Gasteiger partial charge in [0, 0.05) is 12.6 Å². The Kier molecular flexibility index (Phi) is 6.06. The van der Waals surface area contributed by atoms with Gasteiger partial charge in [-0.3, -0.25) is 4.79 Å². The van der Waals surface area contributed by atoms with E-state index in [2.05, 4.69) is 5.32 Å². The fourth-order valence-corrected chi connectivity index (χ4v) is 4.11. The Labute approximate surface area is 157 Å². The summed E-state index contributed by atoms with van der Waals surface area (Å²) in [4.78, 5) is 22.6. The molecule has 2 N–H and O–H groups in total. The number of para-hydroxylation sites is 2. The second-order valence-electron chi connectivity index (χ2n) is 5.69. The number of ether oxygens (including phenoxy) is 1. The zero-order chi connectivity index (χ0) is 20.2. The number of carbonyl (C=O) groups is 2.